The van der Waals surface area contributed by atoms with Crippen molar-refractivity contribution in [1.82, 2.24) is 0 Å². The van der Waals surface area contributed by atoms with Crippen molar-refractivity contribution in [3.63, 3.8) is 0 Å². The highest BCUT2D eigenvalue weighted by molar-refractivity contribution is 5.32. The van der Waals surface area contributed by atoms with Gasteiger partial charge in [0.1, 0.15) is 6.10 Å². The molecule has 0 amide bonds. The van der Waals surface area contributed by atoms with Gasteiger partial charge in [0.15, 0.2) is 0 Å². The number of rotatable bonds is 7. The van der Waals surface area contributed by atoms with Gasteiger partial charge in [-0.2, -0.15) is 0 Å². The summed E-state index contributed by atoms with van der Waals surface area (Å²) in [6.45, 7) is 3.01. The molecule has 1 aromatic rings. The molecule has 0 saturated heterocycles. The fourth-order valence-electron chi connectivity index (χ4n) is 2.82. The minimum atomic E-state index is -0.444. The molecule has 19 heavy (non-hydrogen) atoms. The molecule has 1 N–H and O–H groups in total. The van der Waals surface area contributed by atoms with E-state index in [0.717, 1.165) is 31.4 Å². The smallest absolute Gasteiger partial charge is 0.105 e. The second-order valence-electron chi connectivity index (χ2n) is 5.51. The van der Waals surface area contributed by atoms with Crippen LogP contribution in [0.3, 0.4) is 0 Å². The number of aliphatic hydroxyl groups is 1. The summed E-state index contributed by atoms with van der Waals surface area (Å²) >= 11 is 0. The van der Waals surface area contributed by atoms with Crippen LogP contribution < -0.4 is 0 Å². The SMILES string of the molecule is CCCCCCCOC1CCc2ccccc2C1O. The van der Waals surface area contributed by atoms with Gasteiger partial charge in [-0.3, -0.25) is 0 Å². The maximum absolute atomic E-state index is 10.3. The van der Waals surface area contributed by atoms with Crippen LogP contribution in [0.15, 0.2) is 24.3 Å². The summed E-state index contributed by atoms with van der Waals surface area (Å²) in [4.78, 5) is 0. The zero-order valence-electron chi connectivity index (χ0n) is 12.0. The molecule has 106 valence electrons. The van der Waals surface area contributed by atoms with Crippen molar-refractivity contribution in [3.05, 3.63) is 35.4 Å². The molecule has 0 fully saturated rings. The lowest BCUT2D eigenvalue weighted by Crippen LogP contribution is -2.28. The number of hydrogen-bond acceptors (Lipinski definition) is 2. The molecule has 1 aliphatic rings. The maximum atomic E-state index is 10.3. The van der Waals surface area contributed by atoms with Crippen molar-refractivity contribution >= 4 is 0 Å². The molecule has 2 unspecified atom stereocenters. The molecule has 2 atom stereocenters. The minimum Gasteiger partial charge on any atom is -0.386 e. The number of hydrogen-bond donors (Lipinski definition) is 1. The predicted molar refractivity (Wildman–Crippen MR) is 78.2 cm³/mol. The first kappa shape index (κ1) is 14.5. The molecule has 0 spiro atoms. The van der Waals surface area contributed by atoms with Gasteiger partial charge in [0.2, 0.25) is 0 Å². The summed E-state index contributed by atoms with van der Waals surface area (Å²) in [6.07, 6.45) is 7.76. The summed E-state index contributed by atoms with van der Waals surface area (Å²) in [6, 6.07) is 8.17. The molecule has 1 aliphatic carbocycles. The van der Waals surface area contributed by atoms with Gasteiger partial charge in [-0.1, -0.05) is 56.9 Å². The maximum Gasteiger partial charge on any atom is 0.105 e. The Labute approximate surface area is 116 Å². The topological polar surface area (TPSA) is 29.5 Å². The predicted octanol–water partition coefficient (Wildman–Crippen LogP) is 4.02. The quantitative estimate of drug-likeness (QED) is 0.752. The molecular weight excluding hydrogens is 236 g/mol. The van der Waals surface area contributed by atoms with Crippen LogP contribution in [0, 0.1) is 0 Å². The van der Waals surface area contributed by atoms with Gasteiger partial charge >= 0.3 is 0 Å². The molecule has 0 aliphatic heterocycles. The number of fused-ring (bicyclic) bond motifs is 1. The van der Waals surface area contributed by atoms with E-state index in [2.05, 4.69) is 13.0 Å². The first-order valence-corrected chi connectivity index (χ1v) is 7.70. The van der Waals surface area contributed by atoms with E-state index < -0.39 is 6.10 Å². The Hall–Kier alpha value is -0.860. The third kappa shape index (κ3) is 4.05. The van der Waals surface area contributed by atoms with E-state index in [-0.39, 0.29) is 6.10 Å². The van der Waals surface area contributed by atoms with Gasteiger partial charge in [0.05, 0.1) is 6.10 Å². The van der Waals surface area contributed by atoms with Crippen LogP contribution >= 0.6 is 0 Å². The summed E-state index contributed by atoms with van der Waals surface area (Å²) < 4.78 is 5.88. The van der Waals surface area contributed by atoms with Crippen LogP contribution in [0.1, 0.15) is 62.7 Å². The molecule has 1 aromatic carbocycles. The molecule has 2 heteroatoms. The fourth-order valence-corrected chi connectivity index (χ4v) is 2.82. The average Bonchev–Trinajstić information content (AvgIpc) is 2.45. The summed E-state index contributed by atoms with van der Waals surface area (Å²) in [5.41, 5.74) is 2.34. The van der Waals surface area contributed by atoms with Crippen molar-refractivity contribution in [3.8, 4) is 0 Å². The molecule has 0 saturated carbocycles. The van der Waals surface area contributed by atoms with E-state index in [1.807, 2.05) is 18.2 Å². The zero-order chi connectivity index (χ0) is 13.5. The number of aliphatic hydroxyl groups excluding tert-OH is 1. The Morgan fingerprint density at radius 3 is 2.79 bits per heavy atom. The largest absolute Gasteiger partial charge is 0.386 e. The van der Waals surface area contributed by atoms with Crippen LogP contribution in [0.2, 0.25) is 0 Å². The van der Waals surface area contributed by atoms with Gasteiger partial charge in [0, 0.05) is 6.61 Å². The van der Waals surface area contributed by atoms with Crippen LogP contribution in [0.25, 0.3) is 0 Å². The first-order valence-electron chi connectivity index (χ1n) is 7.70. The summed E-state index contributed by atoms with van der Waals surface area (Å²) in [5.74, 6) is 0. The first-order chi connectivity index (χ1) is 9.33. The molecule has 2 nitrogen and oxygen atoms in total. The monoisotopic (exact) mass is 262 g/mol. The fraction of sp³-hybridized carbons (Fsp3) is 0.647. The highest BCUT2D eigenvalue weighted by atomic mass is 16.5. The third-order valence-electron chi connectivity index (χ3n) is 4.00. The Morgan fingerprint density at radius 2 is 1.95 bits per heavy atom. The van der Waals surface area contributed by atoms with E-state index in [0.29, 0.717) is 0 Å². The third-order valence-corrected chi connectivity index (χ3v) is 4.00. The van der Waals surface area contributed by atoms with Gasteiger partial charge in [-0.15, -0.1) is 0 Å². The lowest BCUT2D eigenvalue weighted by atomic mass is 9.87. The number of benzene rings is 1. The van der Waals surface area contributed by atoms with Gasteiger partial charge in [0.25, 0.3) is 0 Å². The van der Waals surface area contributed by atoms with Crippen LogP contribution in [0.5, 0.6) is 0 Å². The van der Waals surface area contributed by atoms with Crippen LogP contribution in [-0.4, -0.2) is 17.8 Å². The van der Waals surface area contributed by atoms with Crippen molar-refractivity contribution in [2.24, 2.45) is 0 Å². The Bertz CT molecular complexity index is 375. The second-order valence-corrected chi connectivity index (χ2v) is 5.51. The molecule has 0 radical (unpaired) electrons. The molecule has 0 bridgehead atoms. The average molecular weight is 262 g/mol. The lowest BCUT2D eigenvalue weighted by molar-refractivity contribution is -0.0493. The normalized spacial score (nSPS) is 22.2. The Kier molecular flexibility index (Phi) is 5.87. The number of ether oxygens (including phenoxy) is 1. The Morgan fingerprint density at radius 1 is 1.16 bits per heavy atom. The van der Waals surface area contributed by atoms with Crippen molar-refractivity contribution in [1.29, 1.82) is 0 Å². The Balaban J connectivity index is 1.74. The molecular formula is C17H26O2. The minimum absolute atomic E-state index is 0.0129. The summed E-state index contributed by atoms with van der Waals surface area (Å²) in [5, 5.41) is 10.3. The second kappa shape index (κ2) is 7.66. The van der Waals surface area contributed by atoms with E-state index >= 15 is 0 Å². The molecule has 2 rings (SSSR count). The van der Waals surface area contributed by atoms with E-state index in [9.17, 15) is 5.11 Å². The van der Waals surface area contributed by atoms with E-state index in [1.54, 1.807) is 0 Å². The van der Waals surface area contributed by atoms with Crippen LogP contribution in [-0.2, 0) is 11.2 Å². The number of aryl methyl sites for hydroxylation is 1. The molecule has 0 heterocycles. The van der Waals surface area contributed by atoms with E-state index in [1.165, 1.54) is 31.2 Å². The zero-order valence-corrected chi connectivity index (χ0v) is 12.0. The summed E-state index contributed by atoms with van der Waals surface area (Å²) in [7, 11) is 0. The van der Waals surface area contributed by atoms with Gasteiger partial charge < -0.3 is 9.84 Å². The highest BCUT2D eigenvalue weighted by Crippen LogP contribution is 2.31. The van der Waals surface area contributed by atoms with Crippen molar-refractivity contribution in [2.75, 3.05) is 6.61 Å². The lowest BCUT2D eigenvalue weighted by Gasteiger charge is -2.30. The van der Waals surface area contributed by atoms with E-state index in [4.69, 9.17) is 4.74 Å². The molecule has 0 aromatic heterocycles. The number of unbranched alkanes of at least 4 members (excludes halogenated alkanes) is 4. The van der Waals surface area contributed by atoms with Gasteiger partial charge in [-0.25, -0.2) is 0 Å². The highest BCUT2D eigenvalue weighted by Gasteiger charge is 2.27. The van der Waals surface area contributed by atoms with Crippen LogP contribution in [0.4, 0.5) is 0 Å². The van der Waals surface area contributed by atoms with Crippen molar-refractivity contribution < 1.29 is 9.84 Å². The van der Waals surface area contributed by atoms with Gasteiger partial charge in [-0.05, 0) is 30.4 Å². The van der Waals surface area contributed by atoms with Crippen molar-refractivity contribution in [2.45, 2.75) is 64.1 Å². The standard InChI is InChI=1S/C17H26O2/c1-2-3-4-5-8-13-19-16-12-11-14-9-6-7-10-15(14)17(16)18/h6-7,9-10,16-18H,2-5,8,11-13H2,1H3.